The number of nitrogens with two attached hydrogens (primary N) is 1. The molecular weight excluding hydrogens is 456 g/mol. The number of nitrogens with zero attached hydrogens (tertiary/aromatic N) is 3. The lowest BCUT2D eigenvalue weighted by Gasteiger charge is -2.29. The Balaban J connectivity index is 1.57. The molecule has 0 spiro atoms. The molecule has 0 atom stereocenters. The minimum atomic E-state index is -3.37. The second kappa shape index (κ2) is 8.05. The molecule has 0 radical (unpaired) electrons. The predicted molar refractivity (Wildman–Crippen MR) is 137 cm³/mol. The molecule has 8 nitrogen and oxygen atoms in total. The highest BCUT2D eigenvalue weighted by Gasteiger charge is 2.24. The first-order valence-electron chi connectivity index (χ1n) is 10.2. The maximum absolute atomic E-state index is 11.6. The van der Waals surface area contributed by atoms with E-state index in [0.29, 0.717) is 24.0 Å². The third-order valence-electron chi connectivity index (χ3n) is 5.37. The Kier molecular flexibility index (Phi) is 5.18. The van der Waals surface area contributed by atoms with Crippen molar-refractivity contribution in [2.45, 2.75) is 6.92 Å². The van der Waals surface area contributed by atoms with Gasteiger partial charge in [0.1, 0.15) is 18.3 Å². The van der Waals surface area contributed by atoms with Gasteiger partial charge in [-0.25, -0.2) is 18.4 Å². The van der Waals surface area contributed by atoms with Crippen LogP contribution in [0.2, 0.25) is 0 Å². The maximum atomic E-state index is 11.6. The average molecular weight is 479 g/mol. The lowest BCUT2D eigenvalue weighted by molar-refractivity contribution is 0.607. The molecule has 4 aromatic rings. The number of nitrogens with one attached hydrogen (secondary N) is 2. The van der Waals surface area contributed by atoms with E-state index in [-0.39, 0.29) is 0 Å². The van der Waals surface area contributed by atoms with Gasteiger partial charge in [0.05, 0.1) is 28.2 Å². The number of fused-ring (bicyclic) bond motifs is 2. The largest absolute Gasteiger partial charge is 0.383 e. The Hall–Kier alpha value is -3.63. The van der Waals surface area contributed by atoms with Crippen LogP contribution in [-0.4, -0.2) is 32.2 Å². The van der Waals surface area contributed by atoms with Crippen molar-refractivity contribution in [3.05, 3.63) is 70.5 Å². The standard InChI is InChI=1S/C23H22N6O2S2/c1-14-6-7-18-17(20(14)29-13-26-22(24)21-19(29)9-11-32-21)8-10-25-23(18)27-15-4-3-5-16(12-15)28-33(2,30)31/h3-12,28H,13H2,1-2H3,(H2,24,26)(H,25,27). The van der Waals surface area contributed by atoms with Crippen LogP contribution in [0.25, 0.3) is 10.8 Å². The molecule has 0 saturated carbocycles. The van der Waals surface area contributed by atoms with Gasteiger partial charge in [-0.3, -0.25) is 4.72 Å². The molecule has 1 aliphatic rings. The molecule has 0 amide bonds. The molecule has 168 valence electrons. The number of aliphatic imine (C=N–C) groups is 1. The van der Waals surface area contributed by atoms with Gasteiger partial charge in [0.15, 0.2) is 0 Å². The third-order valence-corrected chi connectivity index (χ3v) is 6.90. The van der Waals surface area contributed by atoms with E-state index in [2.05, 4.69) is 44.0 Å². The molecule has 3 heterocycles. The Morgan fingerprint density at radius 3 is 2.73 bits per heavy atom. The molecule has 4 N–H and O–H groups in total. The molecule has 33 heavy (non-hydrogen) atoms. The highest BCUT2D eigenvalue weighted by Crippen LogP contribution is 2.41. The van der Waals surface area contributed by atoms with Gasteiger partial charge in [-0.2, -0.15) is 0 Å². The maximum Gasteiger partial charge on any atom is 0.229 e. The van der Waals surface area contributed by atoms with E-state index in [1.165, 1.54) is 0 Å². The Bertz CT molecular complexity index is 1510. The second-order valence-electron chi connectivity index (χ2n) is 7.81. The fraction of sp³-hybridized carbons (Fsp3) is 0.130. The summed E-state index contributed by atoms with van der Waals surface area (Å²) < 4.78 is 25.7. The number of amidine groups is 1. The van der Waals surface area contributed by atoms with Gasteiger partial charge in [0.25, 0.3) is 0 Å². The number of anilines is 5. The molecule has 0 fully saturated rings. The van der Waals surface area contributed by atoms with E-state index in [1.807, 2.05) is 23.6 Å². The summed E-state index contributed by atoms with van der Waals surface area (Å²) in [5, 5.41) is 7.34. The van der Waals surface area contributed by atoms with E-state index in [4.69, 9.17) is 5.73 Å². The topological polar surface area (TPSA) is 113 Å². The first-order chi connectivity index (χ1) is 15.8. The van der Waals surface area contributed by atoms with Crippen molar-refractivity contribution in [3.63, 3.8) is 0 Å². The Morgan fingerprint density at radius 1 is 1.09 bits per heavy atom. The van der Waals surface area contributed by atoms with Crippen LogP contribution in [-0.2, 0) is 10.0 Å². The van der Waals surface area contributed by atoms with Gasteiger partial charge in [0, 0.05) is 22.7 Å². The van der Waals surface area contributed by atoms with Crippen LogP contribution in [0.1, 0.15) is 10.4 Å². The van der Waals surface area contributed by atoms with Crippen LogP contribution >= 0.6 is 11.3 Å². The zero-order valence-electron chi connectivity index (χ0n) is 18.0. The summed E-state index contributed by atoms with van der Waals surface area (Å²) in [6.07, 6.45) is 2.89. The summed E-state index contributed by atoms with van der Waals surface area (Å²) in [5.41, 5.74) is 10.5. The summed E-state index contributed by atoms with van der Waals surface area (Å²) in [5.74, 6) is 1.25. The van der Waals surface area contributed by atoms with Crippen LogP contribution < -0.4 is 20.7 Å². The molecular formula is C23H22N6O2S2. The average Bonchev–Trinajstić information content (AvgIpc) is 3.25. The number of pyridine rings is 1. The highest BCUT2D eigenvalue weighted by molar-refractivity contribution is 7.92. The van der Waals surface area contributed by atoms with Crippen molar-refractivity contribution in [3.8, 4) is 0 Å². The van der Waals surface area contributed by atoms with Crippen LogP contribution in [0.5, 0.6) is 0 Å². The first kappa shape index (κ1) is 21.2. The lowest BCUT2D eigenvalue weighted by Crippen LogP contribution is -2.28. The number of hydrogen-bond acceptors (Lipinski definition) is 8. The monoisotopic (exact) mass is 478 g/mol. The SMILES string of the molecule is Cc1ccc2c(Nc3cccc(NS(C)(=O)=O)c3)nccc2c1N1CN=C(N)c2sccc21. The fourth-order valence-electron chi connectivity index (χ4n) is 4.01. The number of aromatic nitrogens is 1. The molecule has 0 aliphatic carbocycles. The Labute approximate surface area is 195 Å². The Morgan fingerprint density at radius 2 is 1.91 bits per heavy atom. The number of aryl methyl sites for hydroxylation is 1. The van der Waals surface area contributed by atoms with Crippen molar-refractivity contribution in [1.29, 1.82) is 0 Å². The van der Waals surface area contributed by atoms with E-state index in [0.717, 1.165) is 44.5 Å². The van der Waals surface area contributed by atoms with Gasteiger partial charge in [-0.05, 0) is 48.2 Å². The minimum absolute atomic E-state index is 0.444. The smallest absolute Gasteiger partial charge is 0.229 e. The van der Waals surface area contributed by atoms with Gasteiger partial charge in [0.2, 0.25) is 10.0 Å². The number of rotatable bonds is 5. The quantitative estimate of drug-likeness (QED) is 0.388. The number of sulfonamides is 1. The molecule has 2 aromatic heterocycles. The van der Waals surface area contributed by atoms with Crippen LogP contribution in [0, 0.1) is 6.92 Å². The highest BCUT2D eigenvalue weighted by atomic mass is 32.2. The third kappa shape index (κ3) is 4.10. The lowest BCUT2D eigenvalue weighted by atomic mass is 10.0. The molecule has 1 aliphatic heterocycles. The van der Waals surface area contributed by atoms with E-state index in [9.17, 15) is 8.42 Å². The van der Waals surface area contributed by atoms with Crippen LogP contribution in [0.15, 0.2) is 65.1 Å². The summed E-state index contributed by atoms with van der Waals surface area (Å²) in [6, 6.07) is 15.3. The molecule has 0 saturated heterocycles. The number of thiophene rings is 1. The minimum Gasteiger partial charge on any atom is -0.383 e. The zero-order valence-corrected chi connectivity index (χ0v) is 19.7. The summed E-state index contributed by atoms with van der Waals surface area (Å²) in [6.45, 7) is 2.52. The number of hydrogen-bond donors (Lipinski definition) is 3. The second-order valence-corrected chi connectivity index (χ2v) is 10.5. The summed E-state index contributed by atoms with van der Waals surface area (Å²) >= 11 is 1.58. The fourth-order valence-corrected chi connectivity index (χ4v) is 5.38. The molecule has 0 bridgehead atoms. The number of benzene rings is 2. The molecule has 10 heteroatoms. The van der Waals surface area contributed by atoms with Crippen molar-refractivity contribution in [2.75, 3.05) is 27.9 Å². The molecule has 2 aromatic carbocycles. The van der Waals surface area contributed by atoms with E-state index >= 15 is 0 Å². The molecule has 0 unspecified atom stereocenters. The van der Waals surface area contributed by atoms with Crippen LogP contribution in [0.4, 0.5) is 28.6 Å². The van der Waals surface area contributed by atoms with Crippen molar-refractivity contribution >= 4 is 66.5 Å². The van der Waals surface area contributed by atoms with Crippen molar-refractivity contribution in [1.82, 2.24) is 4.98 Å². The van der Waals surface area contributed by atoms with E-state index < -0.39 is 10.0 Å². The summed E-state index contributed by atoms with van der Waals surface area (Å²) in [4.78, 5) is 12.2. The first-order valence-corrected chi connectivity index (χ1v) is 13.0. The predicted octanol–water partition coefficient (Wildman–Crippen LogP) is 4.53. The normalized spacial score (nSPS) is 13.5. The van der Waals surface area contributed by atoms with E-state index in [1.54, 1.807) is 35.7 Å². The molecule has 5 rings (SSSR count). The zero-order chi connectivity index (χ0) is 23.2. The van der Waals surface area contributed by atoms with Gasteiger partial charge in [-0.1, -0.05) is 18.2 Å². The summed E-state index contributed by atoms with van der Waals surface area (Å²) in [7, 11) is -3.37. The van der Waals surface area contributed by atoms with Gasteiger partial charge < -0.3 is 16.0 Å². The van der Waals surface area contributed by atoms with Gasteiger partial charge >= 0.3 is 0 Å². The van der Waals surface area contributed by atoms with Gasteiger partial charge in [-0.15, -0.1) is 11.3 Å². The van der Waals surface area contributed by atoms with Crippen molar-refractivity contribution in [2.24, 2.45) is 10.7 Å². The van der Waals surface area contributed by atoms with Crippen molar-refractivity contribution < 1.29 is 8.42 Å². The van der Waals surface area contributed by atoms with Crippen LogP contribution in [0.3, 0.4) is 0 Å².